The van der Waals surface area contributed by atoms with E-state index in [0.29, 0.717) is 34.2 Å². The van der Waals surface area contributed by atoms with Gasteiger partial charge in [-0.15, -0.1) is 0 Å². The molecular formula is C33H54O3. The number of hydrogen-bond donors (Lipinski definition) is 0. The van der Waals surface area contributed by atoms with Gasteiger partial charge in [0.25, 0.3) is 0 Å². The number of carbonyl (C=O) groups is 1. The van der Waals surface area contributed by atoms with E-state index in [-0.39, 0.29) is 22.9 Å². The van der Waals surface area contributed by atoms with Crippen LogP contribution < -0.4 is 0 Å². The van der Waals surface area contributed by atoms with Crippen molar-refractivity contribution in [3.63, 3.8) is 0 Å². The van der Waals surface area contributed by atoms with Gasteiger partial charge in [-0.2, -0.15) is 0 Å². The summed E-state index contributed by atoms with van der Waals surface area (Å²) in [4.78, 5) is 11.9. The molecule has 0 saturated heterocycles. The largest absolute Gasteiger partial charge is 0.462 e. The van der Waals surface area contributed by atoms with E-state index in [1.165, 1.54) is 51.4 Å². The van der Waals surface area contributed by atoms with E-state index >= 15 is 0 Å². The zero-order valence-electron chi connectivity index (χ0n) is 24.8. The standard InChI is InChI=1S/C33H54O3/c1-21(34)36-28-16-18-32(7)23-11-13-26-31(6,20-22(23)10-12-24(32)30(28,4)5)17-14-25-29(2,3)27(35-9)15-19-33(25,26)8/h10,23-28H,11-20H2,1-9H3. The van der Waals surface area contributed by atoms with Gasteiger partial charge < -0.3 is 9.47 Å². The molecule has 0 bridgehead atoms. The number of carbonyl (C=O) groups excluding carboxylic acids is 1. The van der Waals surface area contributed by atoms with Crippen molar-refractivity contribution in [1.29, 1.82) is 0 Å². The smallest absolute Gasteiger partial charge is 0.302 e. The maximum Gasteiger partial charge on any atom is 0.302 e. The van der Waals surface area contributed by atoms with Gasteiger partial charge in [0.1, 0.15) is 6.10 Å². The third-order valence-electron chi connectivity index (χ3n) is 13.4. The summed E-state index contributed by atoms with van der Waals surface area (Å²) in [5.74, 6) is 2.67. The Kier molecular flexibility index (Phi) is 6.38. The van der Waals surface area contributed by atoms with Crippen molar-refractivity contribution in [3.05, 3.63) is 11.6 Å². The first kappa shape index (κ1) is 26.8. The normalized spacial score (nSPS) is 49.3. The van der Waals surface area contributed by atoms with Gasteiger partial charge in [0.15, 0.2) is 0 Å². The van der Waals surface area contributed by atoms with Crippen LogP contribution in [0.4, 0.5) is 0 Å². The minimum absolute atomic E-state index is 0.0172. The van der Waals surface area contributed by atoms with Gasteiger partial charge in [0.2, 0.25) is 0 Å². The summed E-state index contributed by atoms with van der Waals surface area (Å²) in [6.07, 6.45) is 15.7. The molecule has 0 spiro atoms. The van der Waals surface area contributed by atoms with E-state index in [1.54, 1.807) is 12.5 Å². The molecule has 0 aromatic rings. The van der Waals surface area contributed by atoms with Crippen molar-refractivity contribution in [2.45, 2.75) is 132 Å². The highest BCUT2D eigenvalue weighted by molar-refractivity contribution is 5.66. The summed E-state index contributed by atoms with van der Waals surface area (Å²) >= 11 is 0. The van der Waals surface area contributed by atoms with Crippen LogP contribution in [0.3, 0.4) is 0 Å². The molecule has 5 rings (SSSR count). The molecule has 0 aliphatic heterocycles. The molecule has 0 radical (unpaired) electrons. The highest BCUT2D eigenvalue weighted by Gasteiger charge is 2.63. The van der Waals surface area contributed by atoms with Crippen molar-refractivity contribution >= 4 is 5.97 Å². The lowest BCUT2D eigenvalue weighted by Crippen LogP contribution is -2.58. The van der Waals surface area contributed by atoms with Gasteiger partial charge in [-0.1, -0.05) is 60.1 Å². The van der Waals surface area contributed by atoms with Gasteiger partial charge in [0.05, 0.1) is 6.10 Å². The second kappa shape index (κ2) is 8.59. The second-order valence-electron chi connectivity index (χ2n) is 15.7. The summed E-state index contributed by atoms with van der Waals surface area (Å²) in [6.45, 7) is 19.3. The lowest BCUT2D eigenvalue weighted by atomic mass is 9.42. The number of esters is 1. The summed E-state index contributed by atoms with van der Waals surface area (Å²) in [7, 11) is 1.93. The molecule has 0 aromatic heterocycles. The van der Waals surface area contributed by atoms with E-state index in [4.69, 9.17) is 9.47 Å². The first-order chi connectivity index (χ1) is 16.7. The Morgan fingerprint density at radius 2 is 1.42 bits per heavy atom. The van der Waals surface area contributed by atoms with E-state index < -0.39 is 0 Å². The Labute approximate surface area is 221 Å². The minimum Gasteiger partial charge on any atom is -0.462 e. The zero-order valence-corrected chi connectivity index (χ0v) is 24.8. The summed E-state index contributed by atoms with van der Waals surface area (Å²) in [6, 6.07) is 0. The number of ether oxygens (including phenoxy) is 2. The highest BCUT2D eigenvalue weighted by Crippen LogP contribution is 2.70. The molecule has 5 aliphatic carbocycles. The first-order valence-corrected chi connectivity index (χ1v) is 15.1. The fourth-order valence-corrected chi connectivity index (χ4v) is 11.7. The quantitative estimate of drug-likeness (QED) is 0.283. The Morgan fingerprint density at radius 3 is 2.08 bits per heavy atom. The Morgan fingerprint density at radius 1 is 0.778 bits per heavy atom. The van der Waals surface area contributed by atoms with E-state index in [0.717, 1.165) is 24.7 Å². The number of fused-ring (bicyclic) bond motifs is 6. The van der Waals surface area contributed by atoms with Crippen molar-refractivity contribution in [2.75, 3.05) is 7.11 Å². The van der Waals surface area contributed by atoms with Crippen LogP contribution in [0, 0.1) is 50.7 Å². The second-order valence-corrected chi connectivity index (χ2v) is 15.7. The molecule has 0 heterocycles. The van der Waals surface area contributed by atoms with Gasteiger partial charge >= 0.3 is 5.97 Å². The first-order valence-electron chi connectivity index (χ1n) is 15.1. The summed E-state index contributed by atoms with van der Waals surface area (Å²) < 4.78 is 11.9. The zero-order chi connectivity index (χ0) is 26.3. The monoisotopic (exact) mass is 498 g/mol. The van der Waals surface area contributed by atoms with Crippen LogP contribution >= 0.6 is 0 Å². The molecule has 36 heavy (non-hydrogen) atoms. The Hall–Kier alpha value is -0.830. The minimum atomic E-state index is -0.121. The Bertz CT molecular complexity index is 916. The summed E-state index contributed by atoms with van der Waals surface area (Å²) in [5.41, 5.74) is 3.18. The van der Waals surface area contributed by atoms with E-state index in [2.05, 4.69) is 54.5 Å². The molecule has 4 saturated carbocycles. The van der Waals surface area contributed by atoms with E-state index in [1.807, 2.05) is 7.11 Å². The van der Waals surface area contributed by atoms with Crippen LogP contribution in [0.2, 0.25) is 0 Å². The van der Waals surface area contributed by atoms with Crippen molar-refractivity contribution < 1.29 is 14.3 Å². The fraction of sp³-hybridized carbons (Fsp3) is 0.909. The van der Waals surface area contributed by atoms with Crippen molar-refractivity contribution in [3.8, 4) is 0 Å². The lowest BCUT2D eigenvalue weighted by Gasteiger charge is -2.64. The Balaban J connectivity index is 1.46. The molecule has 3 nitrogen and oxygen atoms in total. The molecule has 0 amide bonds. The maximum absolute atomic E-state index is 11.9. The van der Waals surface area contributed by atoms with Crippen LogP contribution in [0.1, 0.15) is 120 Å². The van der Waals surface area contributed by atoms with Crippen LogP contribution in [-0.2, 0) is 14.3 Å². The molecule has 5 aliphatic rings. The van der Waals surface area contributed by atoms with Crippen LogP contribution in [0.25, 0.3) is 0 Å². The van der Waals surface area contributed by atoms with Gasteiger partial charge in [0, 0.05) is 19.4 Å². The molecule has 0 N–H and O–H groups in total. The van der Waals surface area contributed by atoms with Crippen molar-refractivity contribution in [1.82, 2.24) is 0 Å². The molecule has 9 atom stereocenters. The van der Waals surface area contributed by atoms with Crippen LogP contribution in [-0.4, -0.2) is 25.3 Å². The maximum atomic E-state index is 11.9. The van der Waals surface area contributed by atoms with E-state index in [9.17, 15) is 4.79 Å². The SMILES string of the molecule is COC1CCC2(C)C3CCC4C(=CCC5C(C)(C)C(OC(C)=O)CCC45C)CC3(C)CCC2C1(C)C. The number of allylic oxidation sites excluding steroid dienone is 2. The van der Waals surface area contributed by atoms with Gasteiger partial charge in [-0.05, 0) is 110 Å². The molecular weight excluding hydrogens is 444 g/mol. The average molecular weight is 499 g/mol. The number of rotatable bonds is 2. The fourth-order valence-electron chi connectivity index (χ4n) is 11.7. The van der Waals surface area contributed by atoms with Crippen LogP contribution in [0.15, 0.2) is 11.6 Å². The van der Waals surface area contributed by atoms with Crippen LogP contribution in [0.5, 0.6) is 0 Å². The molecule has 0 aromatic carbocycles. The molecule has 4 fully saturated rings. The van der Waals surface area contributed by atoms with Gasteiger partial charge in [-0.3, -0.25) is 4.79 Å². The van der Waals surface area contributed by atoms with Crippen molar-refractivity contribution in [2.24, 2.45) is 50.7 Å². The number of hydrogen-bond acceptors (Lipinski definition) is 3. The molecule has 9 unspecified atom stereocenters. The third-order valence-corrected chi connectivity index (χ3v) is 13.4. The summed E-state index contributed by atoms with van der Waals surface area (Å²) in [5, 5.41) is 0. The predicted octanol–water partition coefficient (Wildman–Crippen LogP) is 8.36. The molecule has 3 heteroatoms. The third kappa shape index (κ3) is 3.71. The van der Waals surface area contributed by atoms with Gasteiger partial charge in [-0.25, -0.2) is 0 Å². The highest BCUT2D eigenvalue weighted by atomic mass is 16.5. The number of methoxy groups -OCH3 is 1. The topological polar surface area (TPSA) is 35.5 Å². The lowest BCUT2D eigenvalue weighted by molar-refractivity contribution is -0.178. The predicted molar refractivity (Wildman–Crippen MR) is 146 cm³/mol. The average Bonchev–Trinajstić information content (AvgIpc) is 2.92. The molecule has 204 valence electrons.